The molecule has 0 heterocycles. The van der Waals surface area contributed by atoms with Crippen molar-refractivity contribution in [2.24, 2.45) is 5.92 Å². The van der Waals surface area contributed by atoms with Gasteiger partial charge in [-0.2, -0.15) is 0 Å². The van der Waals surface area contributed by atoms with Crippen LogP contribution in [0.1, 0.15) is 54.1 Å². The molecule has 2 saturated carbocycles. The average Bonchev–Trinajstić information content (AvgIpc) is 3.56. The Hall–Kier alpha value is -2.62. The number of amides is 2. The minimum absolute atomic E-state index is 0.00140. The van der Waals surface area contributed by atoms with Crippen LogP contribution >= 0.6 is 0 Å². The number of carbonyl (C=O) groups excluding carboxylic acids is 2. The Bertz CT molecular complexity index is 878. The highest BCUT2D eigenvalue weighted by atomic mass is 16.2. The lowest BCUT2D eigenvalue weighted by atomic mass is 9.94. The van der Waals surface area contributed by atoms with Crippen LogP contribution < -0.4 is 10.6 Å². The third-order valence-corrected chi connectivity index (χ3v) is 5.66. The molecule has 140 valence electrons. The molecule has 2 aromatic rings. The summed E-state index contributed by atoms with van der Waals surface area (Å²) in [5.74, 6) is 0.690. The lowest BCUT2D eigenvalue weighted by molar-refractivity contribution is -0.120. The van der Waals surface area contributed by atoms with E-state index in [-0.39, 0.29) is 17.4 Å². The molecule has 2 aromatic carbocycles. The topological polar surface area (TPSA) is 58.2 Å². The first-order chi connectivity index (χ1) is 13.0. The van der Waals surface area contributed by atoms with Gasteiger partial charge in [-0.1, -0.05) is 24.3 Å². The molecular formula is C23H26N2O2. The van der Waals surface area contributed by atoms with Crippen molar-refractivity contribution in [1.82, 2.24) is 10.6 Å². The number of carbonyl (C=O) groups is 2. The van der Waals surface area contributed by atoms with Gasteiger partial charge < -0.3 is 10.6 Å². The highest BCUT2D eigenvalue weighted by molar-refractivity contribution is 5.94. The van der Waals surface area contributed by atoms with Gasteiger partial charge in [-0.3, -0.25) is 9.59 Å². The molecule has 0 unspecified atom stereocenters. The van der Waals surface area contributed by atoms with Crippen molar-refractivity contribution in [1.29, 1.82) is 0 Å². The van der Waals surface area contributed by atoms with Crippen molar-refractivity contribution in [2.75, 3.05) is 6.54 Å². The van der Waals surface area contributed by atoms with Gasteiger partial charge in [0.25, 0.3) is 5.91 Å². The van der Waals surface area contributed by atoms with E-state index in [0.717, 1.165) is 36.1 Å². The van der Waals surface area contributed by atoms with Gasteiger partial charge in [-0.15, -0.1) is 0 Å². The molecule has 2 aliphatic carbocycles. The molecule has 0 radical (unpaired) electrons. The lowest BCUT2D eigenvalue weighted by Gasteiger charge is -2.19. The molecule has 2 fully saturated rings. The van der Waals surface area contributed by atoms with Gasteiger partial charge >= 0.3 is 0 Å². The number of benzene rings is 2. The molecule has 0 aromatic heterocycles. The third-order valence-electron chi connectivity index (χ3n) is 5.66. The van der Waals surface area contributed by atoms with Crippen LogP contribution in [-0.2, 0) is 10.3 Å². The molecular weight excluding hydrogens is 336 g/mol. The van der Waals surface area contributed by atoms with Gasteiger partial charge in [0.15, 0.2) is 0 Å². The number of hydrogen-bond acceptors (Lipinski definition) is 2. The largest absolute Gasteiger partial charge is 0.352 e. The summed E-state index contributed by atoms with van der Waals surface area (Å²) in [7, 11) is 0. The lowest BCUT2D eigenvalue weighted by Crippen LogP contribution is -2.32. The average molecular weight is 362 g/mol. The molecule has 0 atom stereocenters. The van der Waals surface area contributed by atoms with E-state index in [1.807, 2.05) is 24.3 Å². The van der Waals surface area contributed by atoms with Crippen LogP contribution in [0.4, 0.5) is 0 Å². The summed E-state index contributed by atoms with van der Waals surface area (Å²) in [5.41, 5.74) is 5.08. The molecule has 4 nitrogen and oxygen atoms in total. The molecule has 2 N–H and O–H groups in total. The maximum absolute atomic E-state index is 12.2. The maximum atomic E-state index is 12.2. The normalized spacial score (nSPS) is 17.3. The maximum Gasteiger partial charge on any atom is 0.251 e. The van der Waals surface area contributed by atoms with E-state index in [1.54, 1.807) is 6.92 Å². The smallest absolute Gasteiger partial charge is 0.251 e. The fraction of sp³-hybridized carbons (Fsp3) is 0.391. The van der Waals surface area contributed by atoms with Crippen LogP contribution in [0.2, 0.25) is 0 Å². The molecule has 4 heteroatoms. The predicted octanol–water partition coefficient (Wildman–Crippen LogP) is 3.93. The first kappa shape index (κ1) is 17.8. The van der Waals surface area contributed by atoms with Gasteiger partial charge in [0.2, 0.25) is 5.91 Å². The van der Waals surface area contributed by atoms with Gasteiger partial charge in [0.1, 0.15) is 0 Å². The monoisotopic (exact) mass is 362 g/mol. The van der Waals surface area contributed by atoms with Crippen LogP contribution in [0.3, 0.4) is 0 Å². The molecule has 2 amide bonds. The summed E-state index contributed by atoms with van der Waals surface area (Å²) >= 11 is 0. The van der Waals surface area contributed by atoms with Crippen molar-refractivity contribution in [2.45, 2.75) is 45.1 Å². The van der Waals surface area contributed by atoms with E-state index in [4.69, 9.17) is 0 Å². The molecule has 0 bridgehead atoms. The second-order valence-corrected chi connectivity index (χ2v) is 8.02. The summed E-state index contributed by atoms with van der Waals surface area (Å²) in [4.78, 5) is 23.8. The quantitative estimate of drug-likeness (QED) is 0.818. The highest BCUT2D eigenvalue weighted by Gasteiger charge is 2.45. The van der Waals surface area contributed by atoms with E-state index in [0.29, 0.717) is 11.5 Å². The summed E-state index contributed by atoms with van der Waals surface area (Å²) < 4.78 is 0. The fourth-order valence-corrected chi connectivity index (χ4v) is 3.64. The second-order valence-electron chi connectivity index (χ2n) is 8.02. The molecule has 0 saturated heterocycles. The van der Waals surface area contributed by atoms with Crippen molar-refractivity contribution < 1.29 is 9.59 Å². The zero-order valence-corrected chi connectivity index (χ0v) is 16.0. The zero-order valence-electron chi connectivity index (χ0n) is 16.0. The predicted molar refractivity (Wildman–Crippen MR) is 106 cm³/mol. The molecule has 2 aliphatic rings. The van der Waals surface area contributed by atoms with Gasteiger partial charge in [-0.25, -0.2) is 0 Å². The van der Waals surface area contributed by atoms with Crippen molar-refractivity contribution >= 4 is 11.8 Å². The van der Waals surface area contributed by atoms with E-state index in [1.165, 1.54) is 18.4 Å². The second kappa shape index (κ2) is 6.84. The Labute approximate surface area is 160 Å². The first-order valence-electron chi connectivity index (χ1n) is 9.75. The summed E-state index contributed by atoms with van der Waals surface area (Å²) in [5, 5.41) is 6.11. The van der Waals surface area contributed by atoms with E-state index < -0.39 is 0 Å². The van der Waals surface area contributed by atoms with Crippen LogP contribution in [0.25, 0.3) is 11.1 Å². The van der Waals surface area contributed by atoms with Crippen molar-refractivity contribution in [3.05, 3.63) is 59.2 Å². The highest BCUT2D eigenvalue weighted by Crippen LogP contribution is 2.46. The summed E-state index contributed by atoms with van der Waals surface area (Å²) in [6.07, 6.45) is 4.42. The van der Waals surface area contributed by atoms with Crippen molar-refractivity contribution in [3.63, 3.8) is 0 Å². The number of rotatable bonds is 6. The number of hydrogen-bond donors (Lipinski definition) is 2. The third kappa shape index (κ3) is 3.90. The van der Waals surface area contributed by atoms with E-state index >= 15 is 0 Å². The summed E-state index contributed by atoms with van der Waals surface area (Å²) in [6.45, 7) is 4.45. The fourth-order valence-electron chi connectivity index (χ4n) is 3.64. The van der Waals surface area contributed by atoms with Crippen LogP contribution in [0, 0.1) is 12.8 Å². The standard InChI is InChI=1S/C23H26N2O2/c1-15-3-10-20(23(11-12-23)25-16(2)26)13-21(15)18-6-8-19(9-7-18)22(27)24-14-17-4-5-17/h3,6-10,13,17H,4-5,11-12,14H2,1-2H3,(H,24,27)(H,25,26). The van der Waals surface area contributed by atoms with Gasteiger partial charge in [-0.05, 0) is 79.0 Å². The minimum Gasteiger partial charge on any atom is -0.352 e. The zero-order chi connectivity index (χ0) is 19.0. The van der Waals surface area contributed by atoms with E-state index in [2.05, 4.69) is 35.8 Å². The number of nitrogens with one attached hydrogen (secondary N) is 2. The van der Waals surface area contributed by atoms with Crippen LogP contribution in [-0.4, -0.2) is 18.4 Å². The Morgan fingerprint density at radius 3 is 2.37 bits per heavy atom. The van der Waals surface area contributed by atoms with Crippen LogP contribution in [0.15, 0.2) is 42.5 Å². The Kier molecular flexibility index (Phi) is 4.50. The molecule has 4 rings (SSSR count). The van der Waals surface area contributed by atoms with E-state index in [9.17, 15) is 9.59 Å². The Morgan fingerprint density at radius 2 is 1.78 bits per heavy atom. The molecule has 0 spiro atoms. The van der Waals surface area contributed by atoms with Crippen LogP contribution in [0.5, 0.6) is 0 Å². The summed E-state index contributed by atoms with van der Waals surface area (Å²) in [6, 6.07) is 14.2. The Balaban J connectivity index is 1.54. The SMILES string of the molecule is CC(=O)NC1(c2ccc(C)c(-c3ccc(C(=O)NCC4CC4)cc3)c2)CC1. The van der Waals surface area contributed by atoms with Gasteiger partial charge in [0.05, 0.1) is 5.54 Å². The number of aryl methyl sites for hydroxylation is 1. The van der Waals surface area contributed by atoms with Gasteiger partial charge in [0, 0.05) is 19.0 Å². The first-order valence-corrected chi connectivity index (χ1v) is 9.75. The van der Waals surface area contributed by atoms with Crippen molar-refractivity contribution in [3.8, 4) is 11.1 Å². The minimum atomic E-state index is -0.197. The Morgan fingerprint density at radius 1 is 1.07 bits per heavy atom. The molecule has 27 heavy (non-hydrogen) atoms. The molecule has 0 aliphatic heterocycles.